The van der Waals surface area contributed by atoms with E-state index in [4.69, 9.17) is 37.9 Å². The summed E-state index contributed by atoms with van der Waals surface area (Å²) in [6.07, 6.45) is 6.94. The number of ketones is 2. The van der Waals surface area contributed by atoms with Crippen molar-refractivity contribution in [2.24, 2.45) is 0 Å². The Morgan fingerprint density at radius 1 is 0.489 bits per heavy atom. The summed E-state index contributed by atoms with van der Waals surface area (Å²) in [5.41, 5.74) is 1.31. The second kappa shape index (κ2) is 15.8. The van der Waals surface area contributed by atoms with E-state index < -0.39 is 11.6 Å². The molecule has 0 saturated carbocycles. The van der Waals surface area contributed by atoms with E-state index in [0.717, 1.165) is 0 Å². The third-order valence-electron chi connectivity index (χ3n) is 6.57. The SMILES string of the molecule is COc1cc(C=C(C(=O)C=Cc2cc(OC)c(OC)c(OC)c2)C(=O)C=Cc2cc(OC)c(OC)c(OC)c2)cc(OC)c1O. The molecule has 0 aliphatic heterocycles. The van der Waals surface area contributed by atoms with Gasteiger partial charge in [0.05, 0.1) is 62.5 Å². The third-order valence-corrected chi connectivity index (χ3v) is 6.57. The summed E-state index contributed by atoms with van der Waals surface area (Å²) in [5.74, 6) is 1.14. The van der Waals surface area contributed by atoms with Crippen molar-refractivity contribution in [2.45, 2.75) is 0 Å². The molecule has 11 heteroatoms. The van der Waals surface area contributed by atoms with Gasteiger partial charge >= 0.3 is 0 Å². The van der Waals surface area contributed by atoms with E-state index in [2.05, 4.69) is 0 Å². The molecular weight excluding hydrogens is 584 g/mol. The summed E-state index contributed by atoms with van der Waals surface area (Å²) >= 11 is 0. The van der Waals surface area contributed by atoms with Crippen molar-refractivity contribution >= 4 is 29.8 Å². The van der Waals surface area contributed by atoms with Crippen molar-refractivity contribution in [1.29, 1.82) is 0 Å². The van der Waals surface area contributed by atoms with Crippen LogP contribution in [0.4, 0.5) is 0 Å². The maximum Gasteiger partial charge on any atom is 0.203 e. The molecule has 1 N–H and O–H groups in total. The van der Waals surface area contributed by atoms with Gasteiger partial charge in [-0.15, -0.1) is 0 Å². The zero-order chi connectivity index (χ0) is 33.1. The van der Waals surface area contributed by atoms with Gasteiger partial charge in [0.15, 0.2) is 46.1 Å². The van der Waals surface area contributed by atoms with E-state index in [9.17, 15) is 14.7 Å². The van der Waals surface area contributed by atoms with E-state index >= 15 is 0 Å². The molecule has 0 atom stereocenters. The molecule has 0 bridgehead atoms. The smallest absolute Gasteiger partial charge is 0.203 e. The number of benzene rings is 3. The number of hydrogen-bond donors (Lipinski definition) is 1. The average molecular weight is 621 g/mol. The number of aromatic hydroxyl groups is 1. The minimum Gasteiger partial charge on any atom is -0.502 e. The largest absolute Gasteiger partial charge is 0.502 e. The lowest BCUT2D eigenvalue weighted by molar-refractivity contribution is -0.116. The third kappa shape index (κ3) is 7.88. The highest BCUT2D eigenvalue weighted by Gasteiger charge is 2.18. The fourth-order valence-corrected chi connectivity index (χ4v) is 4.35. The molecular formula is C34H36O11. The van der Waals surface area contributed by atoms with Gasteiger partial charge in [-0.1, -0.05) is 12.2 Å². The van der Waals surface area contributed by atoms with Crippen molar-refractivity contribution in [3.63, 3.8) is 0 Å². The molecule has 3 aromatic carbocycles. The van der Waals surface area contributed by atoms with Crippen LogP contribution in [-0.4, -0.2) is 73.6 Å². The quantitative estimate of drug-likeness (QED) is 0.133. The maximum absolute atomic E-state index is 13.6. The van der Waals surface area contributed by atoms with E-state index in [1.54, 1.807) is 24.3 Å². The van der Waals surface area contributed by atoms with Crippen LogP contribution in [0.5, 0.6) is 51.7 Å². The molecule has 0 spiro atoms. The van der Waals surface area contributed by atoms with Crippen LogP contribution in [0.15, 0.2) is 54.1 Å². The van der Waals surface area contributed by atoms with Crippen LogP contribution in [0, 0.1) is 0 Å². The number of phenolic OH excluding ortho intramolecular Hbond substituents is 1. The van der Waals surface area contributed by atoms with E-state index in [-0.39, 0.29) is 22.8 Å². The minimum atomic E-state index is -0.602. The van der Waals surface area contributed by atoms with E-state index in [1.165, 1.54) is 99.4 Å². The predicted molar refractivity (Wildman–Crippen MR) is 169 cm³/mol. The molecule has 3 aromatic rings. The van der Waals surface area contributed by atoms with Crippen molar-refractivity contribution in [2.75, 3.05) is 56.9 Å². The molecule has 0 unspecified atom stereocenters. The van der Waals surface area contributed by atoms with Crippen LogP contribution in [0.2, 0.25) is 0 Å². The lowest BCUT2D eigenvalue weighted by atomic mass is 10.00. The molecule has 0 aliphatic rings. The Balaban J connectivity index is 2.10. The van der Waals surface area contributed by atoms with E-state index in [0.29, 0.717) is 51.2 Å². The van der Waals surface area contributed by atoms with Gasteiger partial charge < -0.3 is 43.0 Å². The zero-order valence-electron chi connectivity index (χ0n) is 26.4. The summed E-state index contributed by atoms with van der Waals surface area (Å²) in [6.45, 7) is 0. The average Bonchev–Trinajstić information content (AvgIpc) is 3.07. The molecule has 0 aliphatic carbocycles. The number of phenols is 1. The summed E-state index contributed by atoms with van der Waals surface area (Å²) in [4.78, 5) is 27.2. The second-order valence-corrected chi connectivity index (χ2v) is 9.14. The molecule has 45 heavy (non-hydrogen) atoms. The molecule has 0 fully saturated rings. The highest BCUT2D eigenvalue weighted by molar-refractivity contribution is 6.31. The molecule has 11 nitrogen and oxygen atoms in total. The highest BCUT2D eigenvalue weighted by atomic mass is 16.5. The Morgan fingerprint density at radius 3 is 1.09 bits per heavy atom. The number of rotatable bonds is 15. The number of ether oxygens (including phenoxy) is 8. The Hall–Kier alpha value is -5.58. The topological polar surface area (TPSA) is 128 Å². The van der Waals surface area contributed by atoms with Gasteiger partial charge in [0, 0.05) is 0 Å². The Labute approximate surface area is 261 Å². The van der Waals surface area contributed by atoms with Crippen LogP contribution in [0.25, 0.3) is 18.2 Å². The molecule has 0 amide bonds. The molecule has 0 aromatic heterocycles. The summed E-state index contributed by atoms with van der Waals surface area (Å²) in [6, 6.07) is 9.61. The first-order chi connectivity index (χ1) is 21.7. The van der Waals surface area contributed by atoms with E-state index in [1.807, 2.05) is 0 Å². The van der Waals surface area contributed by atoms with Crippen LogP contribution in [-0.2, 0) is 9.59 Å². The van der Waals surface area contributed by atoms with Crippen molar-refractivity contribution in [1.82, 2.24) is 0 Å². The Bertz CT molecular complexity index is 1470. The predicted octanol–water partition coefficient (Wildman–Crippen LogP) is 5.41. The maximum atomic E-state index is 13.6. The van der Waals surface area contributed by atoms with Gasteiger partial charge in [-0.25, -0.2) is 0 Å². The van der Waals surface area contributed by atoms with Gasteiger partial charge in [-0.2, -0.15) is 0 Å². The molecule has 0 saturated heterocycles. The van der Waals surface area contributed by atoms with Crippen LogP contribution in [0.3, 0.4) is 0 Å². The molecule has 0 radical (unpaired) electrons. The van der Waals surface area contributed by atoms with Gasteiger partial charge in [-0.3, -0.25) is 9.59 Å². The minimum absolute atomic E-state index is 0.0979. The second-order valence-electron chi connectivity index (χ2n) is 9.14. The number of carbonyl (C=O) groups is 2. The lowest BCUT2D eigenvalue weighted by Crippen LogP contribution is -2.09. The number of methoxy groups -OCH3 is 8. The molecule has 238 valence electrons. The van der Waals surface area contributed by atoms with Crippen molar-refractivity contribution < 1.29 is 52.6 Å². The van der Waals surface area contributed by atoms with Crippen molar-refractivity contribution in [3.8, 4) is 51.7 Å². The van der Waals surface area contributed by atoms with Gasteiger partial charge in [0.25, 0.3) is 0 Å². The lowest BCUT2D eigenvalue weighted by Gasteiger charge is -2.13. The van der Waals surface area contributed by atoms with Gasteiger partial charge in [0.1, 0.15) is 0 Å². The van der Waals surface area contributed by atoms with Crippen molar-refractivity contribution in [3.05, 3.63) is 70.8 Å². The molecule has 0 heterocycles. The fourth-order valence-electron chi connectivity index (χ4n) is 4.35. The first-order valence-corrected chi connectivity index (χ1v) is 13.4. The van der Waals surface area contributed by atoms with Crippen LogP contribution < -0.4 is 37.9 Å². The summed E-state index contributed by atoms with van der Waals surface area (Å²) in [5, 5.41) is 10.3. The number of allylic oxidation sites excluding steroid dienone is 3. The number of carbonyl (C=O) groups excluding carboxylic acids is 2. The number of hydrogen-bond acceptors (Lipinski definition) is 11. The Morgan fingerprint density at radius 2 is 0.800 bits per heavy atom. The fraction of sp³-hybridized carbons (Fsp3) is 0.235. The first-order valence-electron chi connectivity index (χ1n) is 13.4. The van der Waals surface area contributed by atoms with Gasteiger partial charge in [0.2, 0.25) is 17.2 Å². The Kier molecular flexibility index (Phi) is 11.9. The highest BCUT2D eigenvalue weighted by Crippen LogP contribution is 2.40. The zero-order valence-corrected chi connectivity index (χ0v) is 26.4. The normalized spacial score (nSPS) is 10.8. The summed E-state index contributed by atoms with van der Waals surface area (Å²) < 4.78 is 42.8. The van der Waals surface area contributed by atoms with Gasteiger partial charge in [-0.05, 0) is 71.3 Å². The standard InChI is InChI=1S/C34H36O11/c1-38-26-18-22(19-27(39-2)32(26)37)13-23(24(35)11-9-20-14-28(40-3)33(44-7)29(15-20)41-4)25(36)12-10-21-16-30(42-5)34(45-8)31(17-21)43-6/h9-19,37H,1-8H3. The van der Waals surface area contributed by atoms with Crippen LogP contribution in [0.1, 0.15) is 16.7 Å². The first kappa shape index (κ1) is 33.9. The monoisotopic (exact) mass is 620 g/mol. The van der Waals surface area contributed by atoms with Crippen LogP contribution >= 0.6 is 0 Å². The summed E-state index contributed by atoms with van der Waals surface area (Å²) in [7, 11) is 11.7. The molecule has 3 rings (SSSR count).